The Morgan fingerprint density at radius 3 is 2.38 bits per heavy atom. The van der Waals surface area contributed by atoms with Crippen molar-refractivity contribution >= 4 is 0 Å². The van der Waals surface area contributed by atoms with Gasteiger partial charge >= 0.3 is 0 Å². The highest BCUT2D eigenvalue weighted by molar-refractivity contribution is 5.07. The van der Waals surface area contributed by atoms with E-state index in [-0.39, 0.29) is 11.5 Å². The highest BCUT2D eigenvalue weighted by Crippen LogP contribution is 2.33. The summed E-state index contributed by atoms with van der Waals surface area (Å²) in [4.78, 5) is 2.04. The van der Waals surface area contributed by atoms with Crippen LogP contribution in [0.2, 0.25) is 0 Å². The number of aliphatic hydroxyl groups is 1. The van der Waals surface area contributed by atoms with Crippen LogP contribution < -0.4 is 0 Å². The standard InChI is InChI=1S/C10H18N2O/c1-9(2)7-12(5-8(9)13)10(3,4)6-11/h8,13H,5,7H2,1-4H3. The first kappa shape index (κ1) is 10.5. The summed E-state index contributed by atoms with van der Waals surface area (Å²) in [5.74, 6) is 0. The molecule has 0 radical (unpaired) electrons. The van der Waals surface area contributed by atoms with Crippen LogP contribution in [0, 0.1) is 16.7 Å². The van der Waals surface area contributed by atoms with Crippen LogP contribution in [-0.4, -0.2) is 34.7 Å². The van der Waals surface area contributed by atoms with Gasteiger partial charge in [-0.25, -0.2) is 0 Å². The summed E-state index contributed by atoms with van der Waals surface area (Å²) >= 11 is 0. The summed E-state index contributed by atoms with van der Waals surface area (Å²) in [6.45, 7) is 9.24. The van der Waals surface area contributed by atoms with Crippen molar-refractivity contribution in [3.63, 3.8) is 0 Å². The molecule has 1 heterocycles. The minimum absolute atomic E-state index is 0.0892. The number of rotatable bonds is 1. The number of hydrogen-bond donors (Lipinski definition) is 1. The molecule has 1 N–H and O–H groups in total. The monoisotopic (exact) mass is 182 g/mol. The zero-order valence-electron chi connectivity index (χ0n) is 8.83. The Kier molecular flexibility index (Phi) is 2.40. The van der Waals surface area contributed by atoms with Crippen LogP contribution in [-0.2, 0) is 0 Å². The second kappa shape index (κ2) is 2.97. The molecule has 3 nitrogen and oxygen atoms in total. The molecule has 3 heteroatoms. The first-order valence-corrected chi connectivity index (χ1v) is 4.64. The molecular formula is C10H18N2O. The molecule has 1 aliphatic rings. The van der Waals surface area contributed by atoms with E-state index in [1.54, 1.807) is 0 Å². The lowest BCUT2D eigenvalue weighted by atomic mass is 9.90. The lowest BCUT2D eigenvalue weighted by molar-refractivity contribution is 0.0945. The number of hydrogen-bond acceptors (Lipinski definition) is 3. The SMILES string of the molecule is CC1(C)CN(C(C)(C)C#N)CC1O. The number of nitriles is 1. The summed E-state index contributed by atoms with van der Waals surface area (Å²) in [5.41, 5.74) is -0.553. The molecule has 1 saturated heterocycles. The average molecular weight is 182 g/mol. The second-order valence-corrected chi connectivity index (χ2v) is 5.06. The molecule has 1 rings (SSSR count). The van der Waals surface area contributed by atoms with Crippen LogP contribution in [0.25, 0.3) is 0 Å². The summed E-state index contributed by atoms with van der Waals surface area (Å²) in [5, 5.41) is 18.7. The molecule has 0 spiro atoms. The zero-order chi connectivity index (χ0) is 10.3. The van der Waals surface area contributed by atoms with Gasteiger partial charge in [-0.3, -0.25) is 4.90 Å². The number of β-amino-alcohol motifs (C(OH)–C–C–N with tert-alkyl or cyclic N) is 1. The largest absolute Gasteiger partial charge is 0.391 e. The minimum Gasteiger partial charge on any atom is -0.391 e. The molecule has 0 aliphatic carbocycles. The number of nitrogens with zero attached hydrogens (tertiary/aromatic N) is 2. The molecular weight excluding hydrogens is 164 g/mol. The highest BCUT2D eigenvalue weighted by atomic mass is 16.3. The van der Waals surface area contributed by atoms with E-state index in [1.165, 1.54) is 0 Å². The van der Waals surface area contributed by atoms with Gasteiger partial charge in [0.2, 0.25) is 0 Å². The van der Waals surface area contributed by atoms with Crippen LogP contribution in [0.1, 0.15) is 27.7 Å². The highest BCUT2D eigenvalue weighted by Gasteiger charge is 2.43. The third-order valence-electron chi connectivity index (χ3n) is 2.96. The summed E-state index contributed by atoms with van der Waals surface area (Å²) in [6.07, 6.45) is -0.319. The van der Waals surface area contributed by atoms with Gasteiger partial charge in [0.1, 0.15) is 5.54 Å². The van der Waals surface area contributed by atoms with Gasteiger partial charge in [-0.15, -0.1) is 0 Å². The molecule has 1 aliphatic heterocycles. The third kappa shape index (κ3) is 1.84. The van der Waals surface area contributed by atoms with Crippen molar-refractivity contribution in [2.45, 2.75) is 39.3 Å². The Morgan fingerprint density at radius 1 is 1.54 bits per heavy atom. The molecule has 0 aromatic rings. The molecule has 1 fully saturated rings. The Hall–Kier alpha value is -0.590. The Morgan fingerprint density at radius 2 is 2.08 bits per heavy atom. The van der Waals surface area contributed by atoms with Gasteiger partial charge in [-0.05, 0) is 13.8 Å². The zero-order valence-corrected chi connectivity index (χ0v) is 8.83. The van der Waals surface area contributed by atoms with E-state index in [0.29, 0.717) is 6.54 Å². The van der Waals surface area contributed by atoms with Crippen molar-refractivity contribution in [1.82, 2.24) is 4.90 Å². The molecule has 13 heavy (non-hydrogen) atoms. The van der Waals surface area contributed by atoms with Gasteiger partial charge in [0, 0.05) is 18.5 Å². The van der Waals surface area contributed by atoms with Crippen molar-refractivity contribution in [3.05, 3.63) is 0 Å². The number of likely N-dealkylation sites (tertiary alicyclic amines) is 1. The lowest BCUT2D eigenvalue weighted by Crippen LogP contribution is -2.41. The molecule has 0 aromatic heterocycles. The molecule has 0 amide bonds. The maximum Gasteiger partial charge on any atom is 0.103 e. The van der Waals surface area contributed by atoms with E-state index in [9.17, 15) is 5.11 Å². The van der Waals surface area contributed by atoms with E-state index < -0.39 is 5.54 Å². The average Bonchev–Trinajstić information content (AvgIpc) is 2.28. The third-order valence-corrected chi connectivity index (χ3v) is 2.96. The maximum absolute atomic E-state index is 9.74. The lowest BCUT2D eigenvalue weighted by Gasteiger charge is -2.29. The first-order valence-electron chi connectivity index (χ1n) is 4.64. The van der Waals surface area contributed by atoms with Crippen LogP contribution in [0.5, 0.6) is 0 Å². The predicted molar refractivity (Wildman–Crippen MR) is 51.1 cm³/mol. The van der Waals surface area contributed by atoms with Gasteiger partial charge in [-0.1, -0.05) is 13.8 Å². The van der Waals surface area contributed by atoms with Crippen LogP contribution in [0.4, 0.5) is 0 Å². The van der Waals surface area contributed by atoms with Crippen molar-refractivity contribution in [1.29, 1.82) is 5.26 Å². The molecule has 0 aromatic carbocycles. The molecule has 1 atom stereocenters. The van der Waals surface area contributed by atoms with E-state index in [2.05, 4.69) is 6.07 Å². The van der Waals surface area contributed by atoms with Crippen molar-refractivity contribution < 1.29 is 5.11 Å². The van der Waals surface area contributed by atoms with Gasteiger partial charge in [0.25, 0.3) is 0 Å². The Labute approximate surface area is 80.0 Å². The van der Waals surface area contributed by atoms with E-state index in [0.717, 1.165) is 6.54 Å². The van der Waals surface area contributed by atoms with E-state index in [4.69, 9.17) is 5.26 Å². The first-order chi connectivity index (χ1) is 5.79. The van der Waals surface area contributed by atoms with Gasteiger partial charge in [-0.2, -0.15) is 5.26 Å². The normalized spacial score (nSPS) is 28.8. The topological polar surface area (TPSA) is 47.3 Å². The molecule has 0 bridgehead atoms. The Bertz CT molecular complexity index is 240. The fraction of sp³-hybridized carbons (Fsp3) is 0.900. The van der Waals surface area contributed by atoms with Crippen molar-refractivity contribution in [2.75, 3.05) is 13.1 Å². The van der Waals surface area contributed by atoms with Crippen molar-refractivity contribution in [3.8, 4) is 6.07 Å². The second-order valence-electron chi connectivity index (χ2n) is 5.06. The van der Waals surface area contributed by atoms with Crippen LogP contribution in [0.15, 0.2) is 0 Å². The predicted octanol–water partition coefficient (Wildman–Crippen LogP) is 0.991. The smallest absolute Gasteiger partial charge is 0.103 e. The summed E-state index contributed by atoms with van der Waals surface area (Å²) < 4.78 is 0. The quantitative estimate of drug-likeness (QED) is 0.658. The fourth-order valence-electron chi connectivity index (χ4n) is 1.61. The van der Waals surface area contributed by atoms with Gasteiger partial charge < -0.3 is 5.11 Å². The van der Waals surface area contributed by atoms with E-state index >= 15 is 0 Å². The minimum atomic E-state index is -0.464. The van der Waals surface area contributed by atoms with Crippen molar-refractivity contribution in [2.24, 2.45) is 5.41 Å². The molecule has 0 saturated carbocycles. The van der Waals surface area contributed by atoms with Gasteiger partial charge in [0.05, 0.1) is 12.2 Å². The van der Waals surface area contributed by atoms with E-state index in [1.807, 2.05) is 32.6 Å². The fourth-order valence-corrected chi connectivity index (χ4v) is 1.61. The maximum atomic E-state index is 9.74. The van der Waals surface area contributed by atoms with Crippen LogP contribution >= 0.6 is 0 Å². The number of aliphatic hydroxyl groups excluding tert-OH is 1. The Balaban J connectivity index is 2.76. The molecule has 1 unspecified atom stereocenters. The van der Waals surface area contributed by atoms with Crippen LogP contribution in [0.3, 0.4) is 0 Å². The van der Waals surface area contributed by atoms with Gasteiger partial charge in [0.15, 0.2) is 0 Å². The molecule has 74 valence electrons. The summed E-state index contributed by atoms with van der Waals surface area (Å²) in [6, 6.07) is 2.26. The summed E-state index contributed by atoms with van der Waals surface area (Å²) in [7, 11) is 0.